The Hall–Kier alpha value is -7.90. The highest BCUT2D eigenvalue weighted by Crippen LogP contribution is 2.37. The van der Waals surface area contributed by atoms with E-state index in [1.807, 2.05) is 0 Å². The van der Waals surface area contributed by atoms with Crippen molar-refractivity contribution in [2.24, 2.45) is 35.5 Å². The Morgan fingerprint density at radius 1 is 0.410 bits per heavy atom. The number of esters is 10. The van der Waals surface area contributed by atoms with Gasteiger partial charge in [0.2, 0.25) is 0 Å². The summed E-state index contributed by atoms with van der Waals surface area (Å²) in [5, 5.41) is 0. The molecule has 2 aromatic rings. The first-order valence-corrected chi connectivity index (χ1v) is 26.2. The van der Waals surface area contributed by atoms with E-state index in [0.717, 1.165) is 12.2 Å². The molecule has 0 aliphatic heterocycles. The molecule has 0 unspecified atom stereocenters. The summed E-state index contributed by atoms with van der Waals surface area (Å²) in [7, 11) is 0. The largest absolute Gasteiger partial charge is 0.465 e. The highest BCUT2D eigenvalue weighted by molar-refractivity contribution is 5.96. The minimum absolute atomic E-state index is 0.0255. The first-order chi connectivity index (χ1) is 37.3. The van der Waals surface area contributed by atoms with Gasteiger partial charge in [0.15, 0.2) is 0 Å². The van der Waals surface area contributed by atoms with Gasteiger partial charge in [0.25, 0.3) is 0 Å². The summed E-state index contributed by atoms with van der Waals surface area (Å²) >= 11 is 0. The number of hydrogen-bond acceptors (Lipinski definition) is 20. The molecule has 0 saturated heterocycles. The third-order valence-corrected chi connectivity index (χ3v) is 13.3. The number of allylic oxidation sites excluding steroid dienone is 2. The molecule has 0 aromatic heterocycles. The Morgan fingerprint density at radius 3 is 0.962 bits per heavy atom. The van der Waals surface area contributed by atoms with Crippen molar-refractivity contribution in [2.45, 2.75) is 117 Å². The zero-order chi connectivity index (χ0) is 56.7. The normalized spacial score (nSPS) is 19.7. The lowest BCUT2D eigenvalue weighted by Crippen LogP contribution is -2.30. The molecule has 2 aromatic carbocycles. The standard InChI is InChI=1S/C58H68O20/c1-7-49(59)69-29-9-11-31-71-51(61)37-13-17-41(18-14-37)55(65)77-47-27-25-43(33-45(47)57(67)73-35(3)4)75-53(63)39-21-23-40(24-22-39)54(64)76-44-26-28-48(46(34-44)58(68)74-36(5)6)78-56(66)42-19-15-38(16-20-42)52(62)72-32-12-10-30-70-50(60)8-2/h7-8,25-28,33-34,37-42H,1-3,5,9-24,29-32H2,4,6H3. The van der Waals surface area contributed by atoms with Crippen molar-refractivity contribution in [3.8, 4) is 23.0 Å². The van der Waals surface area contributed by atoms with Crippen LogP contribution in [0.1, 0.15) is 137 Å². The molecule has 0 N–H and O–H groups in total. The molecule has 20 heteroatoms. The van der Waals surface area contributed by atoms with Crippen LogP contribution in [0, 0.1) is 35.5 Å². The van der Waals surface area contributed by atoms with Crippen molar-refractivity contribution < 1.29 is 95.3 Å². The van der Waals surface area contributed by atoms with Crippen LogP contribution in [0.3, 0.4) is 0 Å². The molecule has 0 spiro atoms. The van der Waals surface area contributed by atoms with Crippen LogP contribution in [0.4, 0.5) is 0 Å². The van der Waals surface area contributed by atoms with Crippen LogP contribution in [0.2, 0.25) is 0 Å². The molecule has 0 radical (unpaired) electrons. The molecule has 420 valence electrons. The first kappa shape index (κ1) is 61.0. The van der Waals surface area contributed by atoms with Crippen molar-refractivity contribution in [1.82, 2.24) is 0 Å². The van der Waals surface area contributed by atoms with Gasteiger partial charge in [-0.15, -0.1) is 0 Å². The summed E-state index contributed by atoms with van der Waals surface area (Å²) in [4.78, 5) is 128. The quantitative estimate of drug-likeness (QED) is 0.0212. The number of carbonyl (C=O) groups is 10. The van der Waals surface area contributed by atoms with Crippen molar-refractivity contribution >= 4 is 59.7 Å². The lowest BCUT2D eigenvalue weighted by atomic mass is 9.82. The highest BCUT2D eigenvalue weighted by Gasteiger charge is 2.36. The van der Waals surface area contributed by atoms with Gasteiger partial charge in [-0.25, -0.2) is 19.2 Å². The topological polar surface area (TPSA) is 263 Å². The van der Waals surface area contributed by atoms with Gasteiger partial charge in [-0.2, -0.15) is 0 Å². The zero-order valence-electron chi connectivity index (χ0n) is 44.2. The molecule has 5 rings (SSSR count). The first-order valence-electron chi connectivity index (χ1n) is 26.2. The van der Waals surface area contributed by atoms with E-state index in [1.165, 1.54) is 50.2 Å². The average Bonchev–Trinajstić information content (AvgIpc) is 3.47. The molecular formula is C58H68O20. The van der Waals surface area contributed by atoms with Crippen LogP contribution >= 0.6 is 0 Å². The molecule has 78 heavy (non-hydrogen) atoms. The predicted molar refractivity (Wildman–Crippen MR) is 275 cm³/mol. The van der Waals surface area contributed by atoms with E-state index in [-0.39, 0.29) is 110 Å². The van der Waals surface area contributed by atoms with Crippen molar-refractivity contribution in [3.63, 3.8) is 0 Å². The molecule has 0 bridgehead atoms. The van der Waals surface area contributed by atoms with Gasteiger partial charge in [0, 0.05) is 12.2 Å². The Bertz CT molecular complexity index is 2390. The van der Waals surface area contributed by atoms with Crippen LogP contribution in [-0.2, 0) is 66.8 Å². The second kappa shape index (κ2) is 30.7. The number of hydrogen-bond donors (Lipinski definition) is 0. The molecule has 3 aliphatic rings. The van der Waals surface area contributed by atoms with E-state index in [1.54, 1.807) is 0 Å². The van der Waals surface area contributed by atoms with Crippen LogP contribution in [0.5, 0.6) is 23.0 Å². The summed E-state index contributed by atoms with van der Waals surface area (Å²) in [5.74, 6) is -9.45. The van der Waals surface area contributed by atoms with Crippen molar-refractivity contribution in [2.75, 3.05) is 26.4 Å². The van der Waals surface area contributed by atoms with Gasteiger partial charge >= 0.3 is 59.7 Å². The monoisotopic (exact) mass is 1080 g/mol. The molecule has 3 fully saturated rings. The van der Waals surface area contributed by atoms with Crippen LogP contribution < -0.4 is 18.9 Å². The Labute approximate surface area is 452 Å². The lowest BCUT2D eigenvalue weighted by Gasteiger charge is -2.26. The molecule has 3 aliphatic carbocycles. The minimum atomic E-state index is -0.907. The fourth-order valence-electron chi connectivity index (χ4n) is 9.00. The second-order valence-corrected chi connectivity index (χ2v) is 19.3. The number of rotatable bonds is 26. The van der Waals surface area contributed by atoms with Crippen LogP contribution in [0.25, 0.3) is 0 Å². The summed E-state index contributed by atoms with van der Waals surface area (Å²) in [6.07, 6.45) is 8.10. The number of ether oxygens (including phenoxy) is 10. The summed E-state index contributed by atoms with van der Waals surface area (Å²) in [6, 6.07) is 7.83. The van der Waals surface area contributed by atoms with E-state index >= 15 is 0 Å². The van der Waals surface area contributed by atoms with E-state index in [2.05, 4.69) is 26.3 Å². The summed E-state index contributed by atoms with van der Waals surface area (Å²) in [6.45, 7) is 17.5. The predicted octanol–water partition coefficient (Wildman–Crippen LogP) is 8.91. The lowest BCUT2D eigenvalue weighted by molar-refractivity contribution is -0.152. The number of unbranched alkanes of at least 4 members (excludes halogenated alkanes) is 2. The smallest absolute Gasteiger partial charge is 0.347 e. The van der Waals surface area contributed by atoms with E-state index in [9.17, 15) is 47.9 Å². The Kier molecular flexibility index (Phi) is 24.0. The van der Waals surface area contributed by atoms with E-state index in [0.29, 0.717) is 77.0 Å². The second-order valence-electron chi connectivity index (χ2n) is 19.3. The molecular weight excluding hydrogens is 1020 g/mol. The van der Waals surface area contributed by atoms with Crippen LogP contribution in [0.15, 0.2) is 86.4 Å². The number of benzene rings is 2. The maximum absolute atomic E-state index is 13.5. The zero-order valence-corrected chi connectivity index (χ0v) is 44.2. The highest BCUT2D eigenvalue weighted by atomic mass is 16.6. The molecule has 0 amide bonds. The molecule has 3 saturated carbocycles. The van der Waals surface area contributed by atoms with Gasteiger partial charge in [0.05, 0.1) is 73.5 Å². The fourth-order valence-corrected chi connectivity index (χ4v) is 9.00. The molecule has 0 heterocycles. The van der Waals surface area contributed by atoms with Crippen molar-refractivity contribution in [1.29, 1.82) is 0 Å². The molecule has 20 nitrogen and oxygen atoms in total. The maximum Gasteiger partial charge on any atom is 0.347 e. The SMILES string of the molecule is C=CC(=O)OCCCCOC(=O)C1CCC(C(=O)Oc2ccc(OC(=O)C3CCC(C(=O)Oc4ccc(OC(=O)C5CCC(C(=O)OCCCCOC(=O)C=C)CC5)c(C(=O)OC(=C)C)c4)CC3)cc2C(=O)OC(=C)C)CC1. The Morgan fingerprint density at radius 2 is 0.679 bits per heavy atom. The fraction of sp³-hybridized carbons (Fsp3) is 0.483. The average molecular weight is 1090 g/mol. The molecule has 0 atom stereocenters. The Balaban J connectivity index is 1.10. The summed E-state index contributed by atoms with van der Waals surface area (Å²) < 4.78 is 53.8. The number of carbonyl (C=O) groups excluding carboxylic acids is 10. The summed E-state index contributed by atoms with van der Waals surface area (Å²) in [5.41, 5.74) is -0.394. The van der Waals surface area contributed by atoms with E-state index < -0.39 is 83.3 Å². The third kappa shape index (κ3) is 19.3. The van der Waals surface area contributed by atoms with Crippen LogP contribution in [-0.4, -0.2) is 86.1 Å². The minimum Gasteiger partial charge on any atom is -0.465 e. The van der Waals surface area contributed by atoms with Gasteiger partial charge in [-0.05, 0) is 153 Å². The van der Waals surface area contributed by atoms with Gasteiger partial charge < -0.3 is 47.4 Å². The third-order valence-electron chi connectivity index (χ3n) is 13.3. The van der Waals surface area contributed by atoms with Gasteiger partial charge in [-0.1, -0.05) is 26.3 Å². The maximum atomic E-state index is 13.5. The van der Waals surface area contributed by atoms with E-state index in [4.69, 9.17) is 47.4 Å². The van der Waals surface area contributed by atoms with Gasteiger partial charge in [0.1, 0.15) is 34.1 Å². The van der Waals surface area contributed by atoms with Crippen molar-refractivity contribution in [3.05, 3.63) is 97.5 Å². The van der Waals surface area contributed by atoms with Gasteiger partial charge in [-0.3, -0.25) is 28.8 Å².